The van der Waals surface area contributed by atoms with Crippen molar-refractivity contribution in [2.75, 3.05) is 5.32 Å². The van der Waals surface area contributed by atoms with Crippen LogP contribution in [-0.2, 0) is 12.6 Å². The Bertz CT molecular complexity index is 968. The molecule has 0 atom stereocenters. The molecule has 26 heavy (non-hydrogen) atoms. The normalized spacial score (nSPS) is 11.7. The molecule has 0 fully saturated rings. The summed E-state index contributed by atoms with van der Waals surface area (Å²) >= 11 is 5.94. The Kier molecular flexibility index (Phi) is 4.86. The summed E-state index contributed by atoms with van der Waals surface area (Å²) in [5.41, 5.74) is 0.142. The van der Waals surface area contributed by atoms with E-state index >= 15 is 0 Å². The second-order valence-electron chi connectivity index (χ2n) is 5.60. The number of hydrogen-bond donors (Lipinski definition) is 1. The smallest absolute Gasteiger partial charge is 0.318 e. The number of amides is 1. The maximum absolute atomic E-state index is 13.0. The lowest BCUT2D eigenvalue weighted by molar-refractivity contribution is -0.137. The number of rotatable bonds is 4. The van der Waals surface area contributed by atoms with Gasteiger partial charge in [0.1, 0.15) is 11.3 Å². The van der Waals surface area contributed by atoms with Gasteiger partial charge in [0.2, 0.25) is 0 Å². The van der Waals surface area contributed by atoms with E-state index in [0.29, 0.717) is 18.5 Å². The van der Waals surface area contributed by atoms with E-state index in [1.165, 1.54) is 12.3 Å². The molecule has 3 rings (SSSR count). The fraction of sp³-hybridized carbons (Fsp3) is 0.235. The van der Waals surface area contributed by atoms with Crippen LogP contribution in [0.25, 0.3) is 5.65 Å². The first-order valence-corrected chi connectivity index (χ1v) is 8.19. The number of fused-ring (bicyclic) bond motifs is 1. The molecule has 9 heteroatoms. The highest BCUT2D eigenvalue weighted by atomic mass is 35.5. The molecule has 0 spiro atoms. The van der Waals surface area contributed by atoms with Crippen LogP contribution in [-0.4, -0.2) is 20.3 Å². The van der Waals surface area contributed by atoms with Crippen LogP contribution in [0, 0.1) is 0 Å². The lowest BCUT2D eigenvalue weighted by Gasteiger charge is -2.10. The van der Waals surface area contributed by atoms with Gasteiger partial charge in [0.05, 0.1) is 16.9 Å². The number of anilines is 1. The number of imidazole rings is 1. The molecule has 3 aromatic heterocycles. The summed E-state index contributed by atoms with van der Waals surface area (Å²) in [4.78, 5) is 20.9. The zero-order valence-electron chi connectivity index (χ0n) is 13.6. The molecule has 0 bridgehead atoms. The fourth-order valence-electron chi connectivity index (χ4n) is 2.57. The zero-order valence-corrected chi connectivity index (χ0v) is 14.4. The third-order valence-electron chi connectivity index (χ3n) is 3.73. The van der Waals surface area contributed by atoms with Crippen molar-refractivity contribution >= 4 is 28.8 Å². The molecule has 1 N–H and O–H groups in total. The van der Waals surface area contributed by atoms with Crippen molar-refractivity contribution in [2.45, 2.75) is 25.9 Å². The van der Waals surface area contributed by atoms with Crippen LogP contribution in [0.3, 0.4) is 0 Å². The van der Waals surface area contributed by atoms with Gasteiger partial charge in [-0.3, -0.25) is 9.20 Å². The van der Waals surface area contributed by atoms with E-state index < -0.39 is 17.6 Å². The highest BCUT2D eigenvalue weighted by molar-refractivity contribution is 6.32. The van der Waals surface area contributed by atoms with Crippen molar-refractivity contribution in [3.63, 3.8) is 0 Å². The maximum atomic E-state index is 13.0. The second kappa shape index (κ2) is 6.95. The number of nitrogens with one attached hydrogen (secondary N) is 1. The molecule has 5 nitrogen and oxygen atoms in total. The molecule has 0 aliphatic carbocycles. The van der Waals surface area contributed by atoms with Crippen molar-refractivity contribution in [2.24, 2.45) is 0 Å². The molecule has 0 unspecified atom stereocenters. The van der Waals surface area contributed by atoms with Crippen molar-refractivity contribution in [1.82, 2.24) is 14.4 Å². The molecule has 0 saturated heterocycles. The Morgan fingerprint density at radius 1 is 1.31 bits per heavy atom. The standard InChI is InChI=1S/C17H14ClF3N4O/c1-2-4-11-14(16(26)24-12-5-3-8-22-15(12)18)25-9-10(17(19,20)21)6-7-13(25)23-11/h3,5-9H,2,4H2,1H3,(H,24,26). The Balaban J connectivity index is 2.10. The summed E-state index contributed by atoms with van der Waals surface area (Å²) in [6.45, 7) is 1.89. The van der Waals surface area contributed by atoms with Crippen LogP contribution < -0.4 is 5.32 Å². The molecule has 0 aliphatic rings. The van der Waals surface area contributed by atoms with Crippen molar-refractivity contribution in [3.05, 3.63) is 58.8 Å². The first kappa shape index (κ1) is 18.2. The number of carbonyl (C=O) groups is 1. The predicted octanol–water partition coefficient (Wildman–Crippen LogP) is 4.61. The summed E-state index contributed by atoms with van der Waals surface area (Å²) < 4.78 is 40.3. The van der Waals surface area contributed by atoms with Gasteiger partial charge in [0, 0.05) is 12.4 Å². The van der Waals surface area contributed by atoms with Gasteiger partial charge in [-0.05, 0) is 30.7 Å². The number of hydrogen-bond acceptors (Lipinski definition) is 3. The van der Waals surface area contributed by atoms with Gasteiger partial charge in [-0.25, -0.2) is 9.97 Å². The van der Waals surface area contributed by atoms with E-state index in [-0.39, 0.29) is 22.2 Å². The topological polar surface area (TPSA) is 59.3 Å². The number of nitrogens with zero attached hydrogens (tertiary/aromatic N) is 3. The summed E-state index contributed by atoms with van der Waals surface area (Å²) in [6.07, 6.45) is -1.05. The van der Waals surface area contributed by atoms with E-state index in [2.05, 4.69) is 15.3 Å². The number of carbonyl (C=O) groups excluding carboxylic acids is 1. The number of alkyl halides is 3. The molecule has 0 aliphatic heterocycles. The first-order valence-electron chi connectivity index (χ1n) is 7.81. The third kappa shape index (κ3) is 3.50. The monoisotopic (exact) mass is 382 g/mol. The minimum Gasteiger partial charge on any atom is -0.318 e. The van der Waals surface area contributed by atoms with Gasteiger partial charge >= 0.3 is 6.18 Å². The summed E-state index contributed by atoms with van der Waals surface area (Å²) in [6, 6.07) is 5.33. The third-order valence-corrected chi connectivity index (χ3v) is 4.03. The minimum absolute atomic E-state index is 0.0490. The second-order valence-corrected chi connectivity index (χ2v) is 5.95. The molecular weight excluding hydrogens is 369 g/mol. The molecule has 0 radical (unpaired) electrons. The molecule has 3 aromatic rings. The lowest BCUT2D eigenvalue weighted by atomic mass is 10.2. The molecule has 136 valence electrons. The minimum atomic E-state index is -4.52. The zero-order chi connectivity index (χ0) is 18.9. The van der Waals surface area contributed by atoms with E-state index in [4.69, 9.17) is 11.6 Å². The van der Waals surface area contributed by atoms with Gasteiger partial charge in [-0.1, -0.05) is 24.9 Å². The van der Waals surface area contributed by atoms with Crippen LogP contribution in [0.4, 0.5) is 18.9 Å². The quantitative estimate of drug-likeness (QED) is 0.670. The largest absolute Gasteiger partial charge is 0.417 e. The molecular formula is C17H14ClF3N4O. The Morgan fingerprint density at radius 2 is 2.08 bits per heavy atom. The average molecular weight is 383 g/mol. The summed E-state index contributed by atoms with van der Waals surface area (Å²) in [7, 11) is 0. The molecule has 1 amide bonds. The molecule has 0 saturated carbocycles. The molecule has 3 heterocycles. The van der Waals surface area contributed by atoms with Gasteiger partial charge in [0.25, 0.3) is 5.91 Å². The summed E-state index contributed by atoms with van der Waals surface area (Å²) in [5.74, 6) is -0.602. The maximum Gasteiger partial charge on any atom is 0.417 e. The van der Waals surface area contributed by atoms with Crippen LogP contribution >= 0.6 is 11.6 Å². The molecule has 0 aromatic carbocycles. The number of aryl methyl sites for hydroxylation is 1. The van der Waals surface area contributed by atoms with Gasteiger partial charge in [-0.2, -0.15) is 13.2 Å². The van der Waals surface area contributed by atoms with Crippen LogP contribution in [0.5, 0.6) is 0 Å². The Hall–Kier alpha value is -2.61. The lowest BCUT2D eigenvalue weighted by Crippen LogP contribution is -2.17. The van der Waals surface area contributed by atoms with Gasteiger partial charge < -0.3 is 5.32 Å². The highest BCUT2D eigenvalue weighted by Crippen LogP contribution is 2.30. The fourth-order valence-corrected chi connectivity index (χ4v) is 2.74. The van der Waals surface area contributed by atoms with Gasteiger partial charge in [-0.15, -0.1) is 0 Å². The van der Waals surface area contributed by atoms with E-state index in [9.17, 15) is 18.0 Å². The van der Waals surface area contributed by atoms with E-state index in [0.717, 1.165) is 16.7 Å². The van der Waals surface area contributed by atoms with Gasteiger partial charge in [0.15, 0.2) is 5.15 Å². The number of aromatic nitrogens is 3. The summed E-state index contributed by atoms with van der Waals surface area (Å²) in [5, 5.41) is 2.67. The van der Waals surface area contributed by atoms with Crippen molar-refractivity contribution < 1.29 is 18.0 Å². The Morgan fingerprint density at radius 3 is 2.73 bits per heavy atom. The SMILES string of the molecule is CCCc1nc2ccc(C(F)(F)F)cn2c1C(=O)Nc1cccnc1Cl. The first-order chi connectivity index (χ1) is 12.3. The van der Waals surface area contributed by atoms with Crippen LogP contribution in [0.15, 0.2) is 36.7 Å². The number of pyridine rings is 2. The number of halogens is 4. The van der Waals surface area contributed by atoms with Crippen LogP contribution in [0.2, 0.25) is 5.15 Å². The van der Waals surface area contributed by atoms with Crippen molar-refractivity contribution in [1.29, 1.82) is 0 Å². The van der Waals surface area contributed by atoms with Crippen LogP contribution in [0.1, 0.15) is 35.1 Å². The van der Waals surface area contributed by atoms with E-state index in [1.54, 1.807) is 12.1 Å². The Labute approximate surface area is 151 Å². The predicted molar refractivity (Wildman–Crippen MR) is 91.4 cm³/mol. The van der Waals surface area contributed by atoms with E-state index in [1.807, 2.05) is 6.92 Å². The highest BCUT2D eigenvalue weighted by Gasteiger charge is 2.32. The van der Waals surface area contributed by atoms with Crippen molar-refractivity contribution in [3.8, 4) is 0 Å². The average Bonchev–Trinajstić information content (AvgIpc) is 2.93.